The van der Waals surface area contributed by atoms with E-state index in [1.165, 1.54) is 25.7 Å². The second-order valence-electron chi connectivity index (χ2n) is 7.19. The van der Waals surface area contributed by atoms with Crippen molar-refractivity contribution < 1.29 is 4.79 Å². The minimum absolute atomic E-state index is 0.121. The highest BCUT2D eigenvalue weighted by Gasteiger charge is 2.40. The summed E-state index contributed by atoms with van der Waals surface area (Å²) in [6.45, 7) is 5.66. The predicted molar refractivity (Wildman–Crippen MR) is 82.3 cm³/mol. The molecule has 0 radical (unpaired) electrons. The van der Waals surface area contributed by atoms with Gasteiger partial charge in [0.2, 0.25) is 5.91 Å². The lowest BCUT2D eigenvalue weighted by Crippen LogP contribution is -2.45. The van der Waals surface area contributed by atoms with Crippen molar-refractivity contribution in [1.82, 2.24) is 10.2 Å². The minimum Gasteiger partial charge on any atom is -0.354 e. The third-order valence-corrected chi connectivity index (χ3v) is 5.17. The summed E-state index contributed by atoms with van der Waals surface area (Å²) in [4.78, 5) is 14.2. The maximum absolute atomic E-state index is 11.9. The molecule has 4 unspecified atom stereocenters. The fraction of sp³-hybridized carbons (Fsp3) is 0.938. The van der Waals surface area contributed by atoms with Crippen LogP contribution in [0.5, 0.6) is 0 Å². The summed E-state index contributed by atoms with van der Waals surface area (Å²) in [5.41, 5.74) is 5.88. The Balaban J connectivity index is 1.79. The van der Waals surface area contributed by atoms with Gasteiger partial charge in [0.15, 0.2) is 0 Å². The van der Waals surface area contributed by atoms with Gasteiger partial charge >= 0.3 is 0 Å². The highest BCUT2D eigenvalue weighted by atomic mass is 16.1. The predicted octanol–water partition coefficient (Wildman–Crippen LogP) is 1.60. The highest BCUT2D eigenvalue weighted by Crippen LogP contribution is 2.48. The van der Waals surface area contributed by atoms with Crippen molar-refractivity contribution in [1.29, 1.82) is 0 Å². The van der Waals surface area contributed by atoms with Gasteiger partial charge in [-0.05, 0) is 57.9 Å². The van der Waals surface area contributed by atoms with E-state index in [2.05, 4.69) is 17.3 Å². The van der Waals surface area contributed by atoms with E-state index in [4.69, 9.17) is 5.73 Å². The number of hydrogen-bond donors (Lipinski definition) is 2. The summed E-state index contributed by atoms with van der Waals surface area (Å²) in [7, 11) is 2.13. The van der Waals surface area contributed by atoms with Crippen LogP contribution in [0.4, 0.5) is 0 Å². The molecule has 0 aromatic carbocycles. The van der Waals surface area contributed by atoms with Crippen LogP contribution in [-0.2, 0) is 4.79 Å². The summed E-state index contributed by atoms with van der Waals surface area (Å²) in [6.07, 6.45) is 6.22. The molecule has 0 saturated heterocycles. The number of carbonyl (C=O) groups excluding carboxylic acids is 1. The molecule has 2 rings (SSSR count). The highest BCUT2D eigenvalue weighted by molar-refractivity contribution is 5.76. The Hall–Kier alpha value is -0.610. The van der Waals surface area contributed by atoms with Crippen molar-refractivity contribution in [2.45, 2.75) is 58.0 Å². The topological polar surface area (TPSA) is 58.4 Å². The van der Waals surface area contributed by atoms with E-state index in [1.807, 2.05) is 13.8 Å². The lowest BCUT2D eigenvalue weighted by Gasteiger charge is -2.32. The van der Waals surface area contributed by atoms with E-state index in [1.54, 1.807) is 0 Å². The van der Waals surface area contributed by atoms with Gasteiger partial charge in [-0.15, -0.1) is 0 Å². The minimum atomic E-state index is 0.121. The number of nitrogens with zero attached hydrogens (tertiary/aromatic N) is 1. The van der Waals surface area contributed by atoms with Gasteiger partial charge in [-0.3, -0.25) is 4.79 Å². The molecule has 1 amide bonds. The molecule has 0 aliphatic heterocycles. The molecular weight excluding hydrogens is 250 g/mol. The number of fused-ring (bicyclic) bond motifs is 2. The molecule has 4 heteroatoms. The average Bonchev–Trinajstić information content (AvgIpc) is 2.97. The normalized spacial score (nSPS) is 30.2. The largest absolute Gasteiger partial charge is 0.354 e. The molecule has 116 valence electrons. The summed E-state index contributed by atoms with van der Waals surface area (Å²) >= 11 is 0. The molecule has 2 aliphatic carbocycles. The molecule has 2 bridgehead atoms. The van der Waals surface area contributed by atoms with Gasteiger partial charge in [0.1, 0.15) is 0 Å². The molecule has 2 saturated carbocycles. The average molecular weight is 281 g/mol. The van der Waals surface area contributed by atoms with Gasteiger partial charge < -0.3 is 16.0 Å². The summed E-state index contributed by atoms with van der Waals surface area (Å²) < 4.78 is 0. The van der Waals surface area contributed by atoms with E-state index >= 15 is 0 Å². The molecule has 3 N–H and O–H groups in total. The standard InChI is InChI=1S/C16H31N3O/c1-11(2)18-16(20)8-15(9-17)19(3)10-14-7-12-4-5-13(14)6-12/h11-15H,4-10,17H2,1-3H3,(H,18,20). The molecule has 0 heterocycles. The van der Waals surface area contributed by atoms with Crippen molar-refractivity contribution in [2.24, 2.45) is 23.5 Å². The number of nitrogens with two attached hydrogens (primary N) is 1. The number of rotatable bonds is 7. The second-order valence-corrected chi connectivity index (χ2v) is 7.19. The van der Waals surface area contributed by atoms with Crippen LogP contribution in [0.2, 0.25) is 0 Å². The first-order valence-corrected chi connectivity index (χ1v) is 8.19. The van der Waals surface area contributed by atoms with E-state index < -0.39 is 0 Å². The Morgan fingerprint density at radius 2 is 2.10 bits per heavy atom. The maximum atomic E-state index is 11.9. The zero-order valence-corrected chi connectivity index (χ0v) is 13.3. The van der Waals surface area contributed by atoms with E-state index in [0.717, 1.165) is 24.3 Å². The van der Waals surface area contributed by atoms with Crippen molar-refractivity contribution in [3.05, 3.63) is 0 Å². The molecule has 4 atom stereocenters. The Kier molecular flexibility index (Phi) is 5.44. The van der Waals surface area contributed by atoms with Gasteiger partial charge in [-0.2, -0.15) is 0 Å². The lowest BCUT2D eigenvalue weighted by molar-refractivity contribution is -0.122. The van der Waals surface area contributed by atoms with Crippen LogP contribution in [0.25, 0.3) is 0 Å². The first kappa shape index (κ1) is 15.8. The van der Waals surface area contributed by atoms with Crippen LogP contribution in [0, 0.1) is 17.8 Å². The van der Waals surface area contributed by atoms with Crippen LogP contribution in [0.15, 0.2) is 0 Å². The SMILES string of the molecule is CC(C)NC(=O)CC(CN)N(C)CC1CC2CCC1C2. The third kappa shape index (κ3) is 3.95. The lowest BCUT2D eigenvalue weighted by atomic mass is 9.88. The maximum Gasteiger partial charge on any atom is 0.221 e. The summed E-state index contributed by atoms with van der Waals surface area (Å²) in [6, 6.07) is 0.379. The fourth-order valence-electron chi connectivity index (χ4n) is 4.13. The van der Waals surface area contributed by atoms with Gasteiger partial charge in [0.25, 0.3) is 0 Å². The molecule has 2 fully saturated rings. The first-order valence-electron chi connectivity index (χ1n) is 8.19. The smallest absolute Gasteiger partial charge is 0.221 e. The van der Waals surface area contributed by atoms with Crippen molar-refractivity contribution in [2.75, 3.05) is 20.1 Å². The van der Waals surface area contributed by atoms with Crippen LogP contribution >= 0.6 is 0 Å². The molecule has 0 aromatic rings. The monoisotopic (exact) mass is 281 g/mol. The Labute approximate surface area is 123 Å². The quantitative estimate of drug-likeness (QED) is 0.745. The van der Waals surface area contributed by atoms with E-state index in [0.29, 0.717) is 13.0 Å². The van der Waals surface area contributed by atoms with Crippen molar-refractivity contribution in [3.8, 4) is 0 Å². The number of likely N-dealkylation sites (N-methyl/N-ethyl adjacent to an activating group) is 1. The molecular formula is C16H31N3O. The van der Waals surface area contributed by atoms with Gasteiger partial charge in [-0.1, -0.05) is 6.42 Å². The number of hydrogen-bond acceptors (Lipinski definition) is 3. The van der Waals surface area contributed by atoms with Crippen LogP contribution in [0.1, 0.15) is 46.0 Å². The molecule has 0 aromatic heterocycles. The summed E-state index contributed by atoms with van der Waals surface area (Å²) in [5, 5.41) is 2.96. The van der Waals surface area contributed by atoms with Crippen LogP contribution in [0.3, 0.4) is 0 Å². The fourth-order valence-corrected chi connectivity index (χ4v) is 4.13. The van der Waals surface area contributed by atoms with Gasteiger partial charge in [0.05, 0.1) is 0 Å². The van der Waals surface area contributed by atoms with Crippen LogP contribution < -0.4 is 11.1 Å². The zero-order chi connectivity index (χ0) is 14.7. The second kappa shape index (κ2) is 6.90. The Bertz CT molecular complexity index is 332. The van der Waals surface area contributed by atoms with Crippen LogP contribution in [-0.4, -0.2) is 43.0 Å². The number of nitrogens with one attached hydrogen (secondary N) is 1. The van der Waals surface area contributed by atoms with E-state index in [9.17, 15) is 4.79 Å². The van der Waals surface area contributed by atoms with Gasteiger partial charge in [0, 0.05) is 31.6 Å². The first-order chi connectivity index (χ1) is 9.49. The Morgan fingerprint density at radius 3 is 2.60 bits per heavy atom. The molecule has 2 aliphatic rings. The van der Waals surface area contributed by atoms with Crippen molar-refractivity contribution >= 4 is 5.91 Å². The summed E-state index contributed by atoms with van der Waals surface area (Å²) in [5.74, 6) is 2.88. The number of carbonyl (C=O) groups is 1. The van der Waals surface area contributed by atoms with Crippen molar-refractivity contribution in [3.63, 3.8) is 0 Å². The molecule has 0 spiro atoms. The Morgan fingerprint density at radius 1 is 1.35 bits per heavy atom. The van der Waals surface area contributed by atoms with Gasteiger partial charge in [-0.25, -0.2) is 0 Å². The van der Waals surface area contributed by atoms with E-state index in [-0.39, 0.29) is 18.0 Å². The zero-order valence-electron chi connectivity index (χ0n) is 13.3. The number of amides is 1. The molecule has 20 heavy (non-hydrogen) atoms. The molecule has 4 nitrogen and oxygen atoms in total. The third-order valence-electron chi connectivity index (χ3n) is 5.17.